The van der Waals surface area contributed by atoms with E-state index in [4.69, 9.17) is 4.74 Å². The Morgan fingerprint density at radius 2 is 1.86 bits per heavy atom. The van der Waals surface area contributed by atoms with Crippen molar-refractivity contribution in [2.45, 2.75) is 77.0 Å². The fraction of sp³-hybridized carbons (Fsp3) is 0.938. The summed E-state index contributed by atoms with van der Waals surface area (Å²) in [7, 11) is 0. The van der Waals surface area contributed by atoms with Crippen molar-refractivity contribution in [3.63, 3.8) is 0 Å². The lowest BCUT2D eigenvalue weighted by Crippen LogP contribution is -2.54. The first kappa shape index (κ1) is 16.6. The van der Waals surface area contributed by atoms with Crippen molar-refractivity contribution >= 4 is 6.09 Å². The molecule has 21 heavy (non-hydrogen) atoms. The minimum atomic E-state index is -0.443. The van der Waals surface area contributed by atoms with Crippen molar-refractivity contribution in [3.05, 3.63) is 0 Å². The molecule has 2 aliphatic carbocycles. The van der Waals surface area contributed by atoms with Crippen LogP contribution in [0.25, 0.3) is 0 Å². The number of carbonyl (C=O) groups excluding carboxylic acids is 1. The van der Waals surface area contributed by atoms with E-state index in [9.17, 15) is 9.90 Å². The topological polar surface area (TPSA) is 70.6 Å². The molecule has 0 aromatic carbocycles. The SMILES string of the molecule is CC(C)(C)OC(=O)NC1CC(NCC2(CO)CCCC2)C1. The maximum Gasteiger partial charge on any atom is 0.407 e. The van der Waals surface area contributed by atoms with Gasteiger partial charge in [0.05, 0.1) is 0 Å². The Bertz CT molecular complexity index is 353. The highest BCUT2D eigenvalue weighted by Crippen LogP contribution is 2.37. The Hall–Kier alpha value is -0.810. The average molecular weight is 298 g/mol. The second kappa shape index (κ2) is 6.53. The quantitative estimate of drug-likeness (QED) is 0.727. The summed E-state index contributed by atoms with van der Waals surface area (Å²) in [5, 5.41) is 16.0. The molecule has 5 nitrogen and oxygen atoms in total. The molecule has 2 saturated carbocycles. The van der Waals surface area contributed by atoms with Crippen LogP contribution in [0.3, 0.4) is 0 Å². The number of nitrogens with one attached hydrogen (secondary N) is 2. The predicted molar refractivity (Wildman–Crippen MR) is 82.2 cm³/mol. The largest absolute Gasteiger partial charge is 0.444 e. The molecular weight excluding hydrogens is 268 g/mol. The Morgan fingerprint density at radius 1 is 1.24 bits per heavy atom. The number of hydrogen-bond donors (Lipinski definition) is 3. The van der Waals surface area contributed by atoms with E-state index in [0.29, 0.717) is 6.04 Å². The Balaban J connectivity index is 1.62. The van der Waals surface area contributed by atoms with E-state index in [-0.39, 0.29) is 24.2 Å². The van der Waals surface area contributed by atoms with Crippen LogP contribution in [-0.4, -0.2) is 42.0 Å². The first-order valence-corrected chi connectivity index (χ1v) is 8.16. The zero-order valence-electron chi connectivity index (χ0n) is 13.6. The molecule has 0 heterocycles. The molecule has 0 unspecified atom stereocenters. The normalized spacial score (nSPS) is 28.0. The summed E-state index contributed by atoms with van der Waals surface area (Å²) in [5.74, 6) is 0. The second-order valence-corrected chi connectivity index (χ2v) is 7.76. The summed E-state index contributed by atoms with van der Waals surface area (Å²) in [4.78, 5) is 11.6. The van der Waals surface area contributed by atoms with Gasteiger partial charge < -0.3 is 20.5 Å². The van der Waals surface area contributed by atoms with E-state index in [1.165, 1.54) is 12.8 Å². The summed E-state index contributed by atoms with van der Waals surface area (Å²) in [6.45, 7) is 6.79. The van der Waals surface area contributed by atoms with Gasteiger partial charge >= 0.3 is 6.09 Å². The Kier molecular flexibility index (Phi) is 5.15. The van der Waals surface area contributed by atoms with Crippen molar-refractivity contribution < 1.29 is 14.6 Å². The number of aliphatic hydroxyl groups excluding tert-OH is 1. The summed E-state index contributed by atoms with van der Waals surface area (Å²) in [6, 6.07) is 0.667. The van der Waals surface area contributed by atoms with Gasteiger partial charge in [-0.05, 0) is 46.5 Å². The third kappa shape index (κ3) is 4.85. The van der Waals surface area contributed by atoms with Crippen molar-refractivity contribution in [3.8, 4) is 0 Å². The van der Waals surface area contributed by atoms with Gasteiger partial charge in [0, 0.05) is 30.7 Å². The van der Waals surface area contributed by atoms with Gasteiger partial charge in [-0.2, -0.15) is 0 Å². The van der Waals surface area contributed by atoms with Crippen LogP contribution in [0.4, 0.5) is 4.79 Å². The second-order valence-electron chi connectivity index (χ2n) is 7.76. The number of carbonyl (C=O) groups is 1. The van der Waals surface area contributed by atoms with Gasteiger partial charge in [0.15, 0.2) is 0 Å². The van der Waals surface area contributed by atoms with Gasteiger partial charge in [0.2, 0.25) is 0 Å². The molecule has 1 amide bonds. The van der Waals surface area contributed by atoms with Crippen molar-refractivity contribution in [2.75, 3.05) is 13.2 Å². The molecule has 0 saturated heterocycles. The van der Waals surface area contributed by atoms with Gasteiger partial charge in [-0.15, -0.1) is 0 Å². The van der Waals surface area contributed by atoms with Crippen LogP contribution in [-0.2, 0) is 4.74 Å². The van der Waals surface area contributed by atoms with Crippen LogP contribution in [0, 0.1) is 5.41 Å². The third-order valence-corrected chi connectivity index (χ3v) is 4.62. The van der Waals surface area contributed by atoms with E-state index in [1.54, 1.807) is 0 Å². The molecule has 2 rings (SSSR count). The standard InChI is InChI=1S/C16H30N2O3/c1-15(2,3)21-14(20)18-13-8-12(9-13)17-10-16(11-19)6-4-5-7-16/h12-13,17,19H,4-11H2,1-3H3,(H,18,20). The minimum absolute atomic E-state index is 0.101. The lowest BCUT2D eigenvalue weighted by molar-refractivity contribution is 0.0458. The summed E-state index contributed by atoms with van der Waals surface area (Å²) in [6.07, 6.45) is 6.28. The lowest BCUT2D eigenvalue weighted by Gasteiger charge is -2.39. The molecule has 2 aliphatic rings. The van der Waals surface area contributed by atoms with Crippen molar-refractivity contribution in [1.29, 1.82) is 0 Å². The van der Waals surface area contributed by atoms with Crippen LogP contribution in [0.1, 0.15) is 59.3 Å². The number of rotatable bonds is 5. The van der Waals surface area contributed by atoms with Crippen LogP contribution in [0.5, 0.6) is 0 Å². The van der Waals surface area contributed by atoms with Crippen LogP contribution in [0.15, 0.2) is 0 Å². The van der Waals surface area contributed by atoms with Gasteiger partial charge in [0.25, 0.3) is 0 Å². The zero-order valence-corrected chi connectivity index (χ0v) is 13.6. The number of ether oxygens (including phenoxy) is 1. The Morgan fingerprint density at radius 3 is 2.38 bits per heavy atom. The highest BCUT2D eigenvalue weighted by atomic mass is 16.6. The average Bonchev–Trinajstić information content (AvgIpc) is 2.79. The first-order chi connectivity index (χ1) is 9.82. The minimum Gasteiger partial charge on any atom is -0.444 e. The molecule has 2 fully saturated rings. The number of hydrogen-bond acceptors (Lipinski definition) is 4. The molecule has 3 N–H and O–H groups in total. The van der Waals surface area contributed by atoms with Gasteiger partial charge in [-0.3, -0.25) is 0 Å². The third-order valence-electron chi connectivity index (χ3n) is 4.62. The van der Waals surface area contributed by atoms with E-state index >= 15 is 0 Å². The molecular formula is C16H30N2O3. The van der Waals surface area contributed by atoms with Crippen LogP contribution < -0.4 is 10.6 Å². The molecule has 5 heteroatoms. The van der Waals surface area contributed by atoms with E-state index < -0.39 is 5.60 Å². The van der Waals surface area contributed by atoms with Crippen LogP contribution in [0.2, 0.25) is 0 Å². The molecule has 0 atom stereocenters. The van der Waals surface area contributed by atoms with E-state index in [0.717, 1.165) is 32.2 Å². The fourth-order valence-electron chi connectivity index (χ4n) is 3.25. The van der Waals surface area contributed by atoms with E-state index in [1.807, 2.05) is 20.8 Å². The monoisotopic (exact) mass is 298 g/mol. The van der Waals surface area contributed by atoms with Gasteiger partial charge in [0.1, 0.15) is 5.60 Å². The number of amides is 1. The first-order valence-electron chi connectivity index (χ1n) is 8.16. The van der Waals surface area contributed by atoms with Crippen molar-refractivity contribution in [1.82, 2.24) is 10.6 Å². The number of aliphatic hydroxyl groups is 1. The van der Waals surface area contributed by atoms with E-state index in [2.05, 4.69) is 10.6 Å². The smallest absolute Gasteiger partial charge is 0.407 e. The van der Waals surface area contributed by atoms with Crippen LogP contribution >= 0.6 is 0 Å². The lowest BCUT2D eigenvalue weighted by atomic mass is 9.83. The molecule has 0 spiro atoms. The molecule has 0 aromatic rings. The zero-order chi connectivity index (χ0) is 15.5. The van der Waals surface area contributed by atoms with Gasteiger partial charge in [-0.1, -0.05) is 12.8 Å². The molecule has 0 bridgehead atoms. The maximum absolute atomic E-state index is 11.6. The highest BCUT2D eigenvalue weighted by molar-refractivity contribution is 5.68. The fourth-order valence-corrected chi connectivity index (χ4v) is 3.25. The summed E-state index contributed by atoms with van der Waals surface area (Å²) in [5.41, 5.74) is -0.342. The Labute approximate surface area is 127 Å². The molecule has 0 aliphatic heterocycles. The summed E-state index contributed by atoms with van der Waals surface area (Å²) < 4.78 is 5.25. The summed E-state index contributed by atoms with van der Waals surface area (Å²) >= 11 is 0. The molecule has 122 valence electrons. The van der Waals surface area contributed by atoms with Gasteiger partial charge in [-0.25, -0.2) is 4.79 Å². The predicted octanol–water partition coefficient (Wildman–Crippen LogP) is 2.18. The maximum atomic E-state index is 11.6. The molecule has 0 radical (unpaired) electrons. The highest BCUT2D eigenvalue weighted by Gasteiger charge is 2.36. The van der Waals surface area contributed by atoms with Crippen molar-refractivity contribution in [2.24, 2.45) is 5.41 Å². The number of alkyl carbamates (subject to hydrolysis) is 1. The molecule has 0 aromatic heterocycles.